The predicted octanol–water partition coefficient (Wildman–Crippen LogP) is 1.84. The largest absolute Gasteiger partial charge is 0.355 e. The van der Waals surface area contributed by atoms with Gasteiger partial charge in [0.2, 0.25) is 10.0 Å². The lowest BCUT2D eigenvalue weighted by Gasteiger charge is -2.23. The topological polar surface area (TPSA) is 82.8 Å². The normalized spacial score (nSPS) is 12.4. The van der Waals surface area contributed by atoms with Gasteiger partial charge in [-0.15, -0.1) is 24.0 Å². The molecule has 0 atom stereocenters. The van der Waals surface area contributed by atoms with Gasteiger partial charge in [-0.05, 0) is 5.92 Å². The highest BCUT2D eigenvalue weighted by Gasteiger charge is 2.19. The van der Waals surface area contributed by atoms with Crippen LogP contribution in [0, 0.1) is 0 Å². The summed E-state index contributed by atoms with van der Waals surface area (Å²) in [6.07, 6.45) is 2.02. The van der Waals surface area contributed by atoms with E-state index in [4.69, 9.17) is 0 Å². The van der Waals surface area contributed by atoms with Crippen molar-refractivity contribution in [1.29, 1.82) is 0 Å². The summed E-state index contributed by atoms with van der Waals surface area (Å²) in [5, 5.41) is 7.67. The molecule has 0 aromatic carbocycles. The Morgan fingerprint density at radius 1 is 1.33 bits per heavy atom. The van der Waals surface area contributed by atoms with E-state index in [0.29, 0.717) is 38.1 Å². The predicted molar refractivity (Wildman–Crippen MR) is 122 cm³/mol. The molecule has 0 amide bonds. The summed E-state index contributed by atoms with van der Waals surface area (Å²) in [6, 6.07) is 0. The molecule has 0 radical (unpaired) electrons. The van der Waals surface area contributed by atoms with Gasteiger partial charge in [0, 0.05) is 59.1 Å². The monoisotopic (exact) mass is 514 g/mol. The van der Waals surface area contributed by atoms with Crippen LogP contribution in [-0.2, 0) is 23.6 Å². The number of nitrogens with zero attached hydrogens (tertiary/aromatic N) is 5. The van der Waals surface area contributed by atoms with Crippen molar-refractivity contribution < 1.29 is 8.42 Å². The lowest BCUT2D eigenvalue weighted by molar-refractivity contribution is 0.443. The zero-order chi connectivity index (χ0) is 19.9. The number of sulfonamides is 1. The van der Waals surface area contributed by atoms with Crippen molar-refractivity contribution in [2.24, 2.45) is 12.0 Å². The van der Waals surface area contributed by atoms with Crippen LogP contribution in [-0.4, -0.2) is 72.8 Å². The van der Waals surface area contributed by atoms with Gasteiger partial charge < -0.3 is 10.2 Å². The molecule has 1 aromatic heterocycles. The van der Waals surface area contributed by atoms with Gasteiger partial charge in [0.25, 0.3) is 0 Å². The average Bonchev–Trinajstić information content (AvgIpc) is 2.93. The van der Waals surface area contributed by atoms with Gasteiger partial charge in [0.1, 0.15) is 0 Å². The van der Waals surface area contributed by atoms with Crippen LogP contribution in [0.4, 0.5) is 0 Å². The molecule has 1 aromatic rings. The van der Waals surface area contributed by atoms with E-state index in [2.05, 4.69) is 29.3 Å². The van der Waals surface area contributed by atoms with E-state index in [1.807, 2.05) is 43.7 Å². The van der Waals surface area contributed by atoms with E-state index < -0.39 is 10.0 Å². The zero-order valence-electron chi connectivity index (χ0n) is 17.6. The third kappa shape index (κ3) is 7.57. The number of nitrogens with one attached hydrogen (secondary N) is 1. The Kier molecular flexibility index (Phi) is 11.5. The number of aliphatic imine (C=N–C) groups is 1. The maximum Gasteiger partial charge on any atom is 0.215 e. The average molecular weight is 514 g/mol. The molecule has 1 heterocycles. The zero-order valence-corrected chi connectivity index (χ0v) is 20.7. The number of aryl methyl sites for hydroxylation is 1. The first-order valence-corrected chi connectivity index (χ1v) is 10.7. The highest BCUT2D eigenvalue weighted by Crippen LogP contribution is 2.18. The molecule has 10 heteroatoms. The fourth-order valence-corrected chi connectivity index (χ4v) is 4.32. The summed E-state index contributed by atoms with van der Waals surface area (Å²) >= 11 is 0. The van der Waals surface area contributed by atoms with Crippen LogP contribution < -0.4 is 5.32 Å². The molecule has 27 heavy (non-hydrogen) atoms. The van der Waals surface area contributed by atoms with Gasteiger partial charge in [-0.3, -0.25) is 9.67 Å². The SMILES string of the molecule is CCN(CC)S(=O)(=O)CCNC(=NC)N(C)Cc1cn(C)nc1C(C)C.I. The summed E-state index contributed by atoms with van der Waals surface area (Å²) in [5.74, 6) is 1.05. The highest BCUT2D eigenvalue weighted by atomic mass is 127. The van der Waals surface area contributed by atoms with Gasteiger partial charge in [-0.25, -0.2) is 12.7 Å². The molecule has 1 rings (SSSR count). The molecule has 0 aliphatic carbocycles. The van der Waals surface area contributed by atoms with Gasteiger partial charge in [0.15, 0.2) is 5.96 Å². The second-order valence-electron chi connectivity index (χ2n) is 6.60. The quantitative estimate of drug-likeness (QED) is 0.309. The van der Waals surface area contributed by atoms with Crippen LogP contribution in [0.25, 0.3) is 0 Å². The number of guanidine groups is 1. The van der Waals surface area contributed by atoms with Crippen molar-refractivity contribution >= 4 is 40.0 Å². The summed E-state index contributed by atoms with van der Waals surface area (Å²) in [7, 11) is 2.31. The lowest BCUT2D eigenvalue weighted by atomic mass is 10.1. The minimum absolute atomic E-state index is 0. The first-order valence-electron chi connectivity index (χ1n) is 9.08. The fourth-order valence-electron chi connectivity index (χ4n) is 2.92. The van der Waals surface area contributed by atoms with Crippen molar-refractivity contribution in [2.75, 3.05) is 39.5 Å². The molecular formula is C17H35IN6O2S. The van der Waals surface area contributed by atoms with Crippen molar-refractivity contribution in [3.63, 3.8) is 0 Å². The molecule has 1 N–H and O–H groups in total. The van der Waals surface area contributed by atoms with Crippen molar-refractivity contribution in [3.8, 4) is 0 Å². The van der Waals surface area contributed by atoms with Gasteiger partial charge >= 0.3 is 0 Å². The number of rotatable bonds is 9. The van der Waals surface area contributed by atoms with Crippen molar-refractivity contribution in [1.82, 2.24) is 24.3 Å². The molecule has 0 saturated heterocycles. The molecule has 0 fully saturated rings. The molecule has 0 aliphatic heterocycles. The minimum atomic E-state index is -3.24. The van der Waals surface area contributed by atoms with Crippen molar-refractivity contribution in [2.45, 2.75) is 40.2 Å². The number of hydrogen-bond donors (Lipinski definition) is 1. The number of hydrogen-bond acceptors (Lipinski definition) is 4. The second kappa shape index (κ2) is 11.8. The minimum Gasteiger partial charge on any atom is -0.355 e. The Labute approximate surface area is 181 Å². The fraction of sp³-hybridized carbons (Fsp3) is 0.765. The number of halogens is 1. The van der Waals surface area contributed by atoms with Gasteiger partial charge in [-0.1, -0.05) is 27.7 Å². The standard InChI is InChI=1S/C17H34N6O2S.HI/c1-8-23(9-2)26(24,25)11-10-19-17(18-5)21(6)12-15-13-22(7)20-16(15)14(3)4;/h13-14H,8-12H2,1-7H3,(H,18,19);1H. The Morgan fingerprint density at radius 2 is 1.93 bits per heavy atom. The van der Waals surface area contributed by atoms with Crippen molar-refractivity contribution in [3.05, 3.63) is 17.5 Å². The van der Waals surface area contributed by atoms with E-state index in [1.165, 1.54) is 4.31 Å². The summed E-state index contributed by atoms with van der Waals surface area (Å²) in [4.78, 5) is 6.25. The molecule has 158 valence electrons. The number of aromatic nitrogens is 2. The third-order valence-electron chi connectivity index (χ3n) is 4.21. The summed E-state index contributed by atoms with van der Waals surface area (Å²) in [6.45, 7) is 9.90. The van der Waals surface area contributed by atoms with Crippen LogP contribution in [0.1, 0.15) is 44.9 Å². The molecule has 0 aliphatic rings. The lowest BCUT2D eigenvalue weighted by Crippen LogP contribution is -2.42. The molecule has 0 unspecified atom stereocenters. The van der Waals surface area contributed by atoms with E-state index in [0.717, 1.165) is 11.3 Å². The Morgan fingerprint density at radius 3 is 2.41 bits per heavy atom. The molecule has 0 spiro atoms. The second-order valence-corrected chi connectivity index (χ2v) is 8.69. The van der Waals surface area contributed by atoms with Gasteiger partial charge in [0.05, 0.1) is 11.4 Å². The van der Waals surface area contributed by atoms with Gasteiger partial charge in [-0.2, -0.15) is 5.10 Å². The summed E-state index contributed by atoms with van der Waals surface area (Å²) < 4.78 is 27.8. The summed E-state index contributed by atoms with van der Waals surface area (Å²) in [5.41, 5.74) is 2.21. The van der Waals surface area contributed by atoms with E-state index in [-0.39, 0.29) is 29.7 Å². The Balaban J connectivity index is 0.00000676. The van der Waals surface area contributed by atoms with Crippen LogP contribution in [0.3, 0.4) is 0 Å². The first-order chi connectivity index (χ1) is 12.2. The van der Waals surface area contributed by atoms with Crippen LogP contribution in [0.15, 0.2) is 11.2 Å². The van der Waals surface area contributed by atoms with Crippen LogP contribution in [0.5, 0.6) is 0 Å². The smallest absolute Gasteiger partial charge is 0.215 e. The maximum atomic E-state index is 12.3. The molecular weight excluding hydrogens is 479 g/mol. The Bertz CT molecular complexity index is 698. The van der Waals surface area contributed by atoms with E-state index >= 15 is 0 Å². The molecule has 8 nitrogen and oxygen atoms in total. The first kappa shape index (κ1) is 26.1. The maximum absolute atomic E-state index is 12.3. The Hall–Kier alpha value is -0.880. The van der Waals surface area contributed by atoms with Crippen LogP contribution in [0.2, 0.25) is 0 Å². The van der Waals surface area contributed by atoms with E-state index in [9.17, 15) is 8.42 Å². The molecule has 0 bridgehead atoms. The van der Waals surface area contributed by atoms with E-state index in [1.54, 1.807) is 7.05 Å². The van der Waals surface area contributed by atoms with Crippen LogP contribution >= 0.6 is 24.0 Å². The molecule has 0 saturated carbocycles. The highest BCUT2D eigenvalue weighted by molar-refractivity contribution is 14.0. The third-order valence-corrected chi connectivity index (χ3v) is 6.23.